The predicted molar refractivity (Wildman–Crippen MR) is 92.8 cm³/mol. The first kappa shape index (κ1) is 16.3. The standard InChI is InChI=1S/C19H28N2O2/c22-14-15-10-12-21(13-11-15)18-8-6-16(7-9-18)19(23)20-17-4-2-1-3-5-17/h6-9,15,17,22H,1-5,10-14H2,(H,20,23). The van der Waals surface area contributed by atoms with Crippen LogP contribution in [0.2, 0.25) is 0 Å². The fourth-order valence-electron chi connectivity index (χ4n) is 3.71. The van der Waals surface area contributed by atoms with Gasteiger partial charge in [-0.3, -0.25) is 4.79 Å². The SMILES string of the molecule is O=C(NC1CCCCC1)c1ccc(N2CCC(CO)CC2)cc1. The Morgan fingerprint density at radius 3 is 2.30 bits per heavy atom. The molecule has 0 spiro atoms. The van der Waals surface area contributed by atoms with Crippen molar-refractivity contribution in [2.24, 2.45) is 5.92 Å². The highest BCUT2D eigenvalue weighted by Gasteiger charge is 2.20. The lowest BCUT2D eigenvalue weighted by Gasteiger charge is -2.33. The van der Waals surface area contributed by atoms with Crippen LogP contribution in [0.25, 0.3) is 0 Å². The largest absolute Gasteiger partial charge is 0.396 e. The highest BCUT2D eigenvalue weighted by atomic mass is 16.3. The number of benzene rings is 1. The Balaban J connectivity index is 1.55. The molecule has 0 bridgehead atoms. The van der Waals surface area contributed by atoms with E-state index in [4.69, 9.17) is 0 Å². The molecular weight excluding hydrogens is 288 g/mol. The van der Waals surface area contributed by atoms with E-state index < -0.39 is 0 Å². The number of anilines is 1. The van der Waals surface area contributed by atoms with Crippen molar-refractivity contribution in [3.8, 4) is 0 Å². The Morgan fingerprint density at radius 2 is 1.70 bits per heavy atom. The van der Waals surface area contributed by atoms with Crippen LogP contribution >= 0.6 is 0 Å². The van der Waals surface area contributed by atoms with Crippen LogP contribution in [0, 0.1) is 5.92 Å². The topological polar surface area (TPSA) is 52.6 Å². The van der Waals surface area contributed by atoms with Gasteiger partial charge in [0, 0.05) is 37.0 Å². The van der Waals surface area contributed by atoms with Gasteiger partial charge in [-0.25, -0.2) is 0 Å². The fraction of sp³-hybridized carbons (Fsp3) is 0.632. The molecule has 1 aromatic rings. The van der Waals surface area contributed by atoms with Gasteiger partial charge in [0.2, 0.25) is 0 Å². The maximum atomic E-state index is 12.3. The van der Waals surface area contributed by atoms with Crippen LogP contribution in [0.3, 0.4) is 0 Å². The summed E-state index contributed by atoms with van der Waals surface area (Å²) in [6.45, 7) is 2.27. The van der Waals surface area contributed by atoms with Gasteiger partial charge in [-0.05, 0) is 55.9 Å². The molecule has 126 valence electrons. The molecular formula is C19H28N2O2. The summed E-state index contributed by atoms with van der Waals surface area (Å²) in [6.07, 6.45) is 8.07. The lowest BCUT2D eigenvalue weighted by Crippen LogP contribution is -2.36. The van der Waals surface area contributed by atoms with Crippen LogP contribution in [0.1, 0.15) is 55.3 Å². The quantitative estimate of drug-likeness (QED) is 0.898. The van der Waals surface area contributed by atoms with Crippen molar-refractivity contribution in [2.75, 3.05) is 24.6 Å². The van der Waals surface area contributed by atoms with Crippen LogP contribution in [-0.4, -0.2) is 36.8 Å². The molecule has 2 aliphatic rings. The number of nitrogens with one attached hydrogen (secondary N) is 1. The molecule has 4 heteroatoms. The van der Waals surface area contributed by atoms with E-state index in [0.717, 1.165) is 44.3 Å². The number of nitrogens with zero attached hydrogens (tertiary/aromatic N) is 1. The minimum Gasteiger partial charge on any atom is -0.396 e. The first-order valence-electron chi connectivity index (χ1n) is 9.03. The van der Waals surface area contributed by atoms with E-state index in [2.05, 4.69) is 22.3 Å². The van der Waals surface area contributed by atoms with Crippen molar-refractivity contribution >= 4 is 11.6 Å². The Labute approximate surface area is 138 Å². The zero-order valence-electron chi connectivity index (χ0n) is 13.8. The second-order valence-electron chi connectivity index (χ2n) is 6.97. The second kappa shape index (κ2) is 7.82. The summed E-state index contributed by atoms with van der Waals surface area (Å²) in [4.78, 5) is 14.7. The van der Waals surface area contributed by atoms with Crippen LogP contribution < -0.4 is 10.2 Å². The molecule has 2 fully saturated rings. The average molecular weight is 316 g/mol. The van der Waals surface area contributed by atoms with Crippen molar-refractivity contribution in [2.45, 2.75) is 51.0 Å². The first-order chi connectivity index (χ1) is 11.3. The van der Waals surface area contributed by atoms with Gasteiger partial charge in [0.25, 0.3) is 5.91 Å². The average Bonchev–Trinajstić information content (AvgIpc) is 2.63. The summed E-state index contributed by atoms with van der Waals surface area (Å²) >= 11 is 0. The molecule has 1 heterocycles. The number of amides is 1. The number of rotatable bonds is 4. The summed E-state index contributed by atoms with van der Waals surface area (Å²) in [5.74, 6) is 0.509. The summed E-state index contributed by atoms with van der Waals surface area (Å²) in [7, 11) is 0. The number of aliphatic hydroxyl groups excluding tert-OH is 1. The Morgan fingerprint density at radius 1 is 1.04 bits per heavy atom. The van der Waals surface area contributed by atoms with Crippen LogP contribution in [0.4, 0.5) is 5.69 Å². The Kier molecular flexibility index (Phi) is 5.55. The number of carbonyl (C=O) groups is 1. The second-order valence-corrected chi connectivity index (χ2v) is 6.97. The zero-order valence-corrected chi connectivity index (χ0v) is 13.8. The minimum absolute atomic E-state index is 0.0578. The monoisotopic (exact) mass is 316 g/mol. The molecule has 4 nitrogen and oxygen atoms in total. The summed E-state index contributed by atoms with van der Waals surface area (Å²) in [5, 5.41) is 12.4. The molecule has 2 N–H and O–H groups in total. The lowest BCUT2D eigenvalue weighted by atomic mass is 9.95. The maximum Gasteiger partial charge on any atom is 0.251 e. The van der Waals surface area contributed by atoms with Gasteiger partial charge in [-0.15, -0.1) is 0 Å². The van der Waals surface area contributed by atoms with Crippen LogP contribution in [0.5, 0.6) is 0 Å². The molecule has 0 atom stereocenters. The number of aliphatic hydroxyl groups is 1. The molecule has 1 aliphatic heterocycles. The molecule has 23 heavy (non-hydrogen) atoms. The van der Waals surface area contributed by atoms with Gasteiger partial charge in [-0.2, -0.15) is 0 Å². The van der Waals surface area contributed by atoms with E-state index in [-0.39, 0.29) is 5.91 Å². The van der Waals surface area contributed by atoms with Gasteiger partial charge in [0.1, 0.15) is 0 Å². The van der Waals surface area contributed by atoms with E-state index in [9.17, 15) is 9.90 Å². The molecule has 0 aromatic heterocycles. The number of carbonyl (C=O) groups excluding carboxylic acids is 1. The molecule has 3 rings (SSSR count). The first-order valence-corrected chi connectivity index (χ1v) is 9.03. The van der Waals surface area contributed by atoms with E-state index in [1.807, 2.05) is 12.1 Å². The normalized spacial score (nSPS) is 20.5. The van der Waals surface area contributed by atoms with Crippen molar-refractivity contribution in [1.29, 1.82) is 0 Å². The van der Waals surface area contributed by atoms with Gasteiger partial charge >= 0.3 is 0 Å². The van der Waals surface area contributed by atoms with E-state index in [1.54, 1.807) is 0 Å². The fourth-order valence-corrected chi connectivity index (χ4v) is 3.71. The third kappa shape index (κ3) is 4.25. The smallest absolute Gasteiger partial charge is 0.251 e. The van der Waals surface area contributed by atoms with E-state index in [0.29, 0.717) is 18.6 Å². The highest BCUT2D eigenvalue weighted by molar-refractivity contribution is 5.94. The lowest BCUT2D eigenvalue weighted by molar-refractivity contribution is 0.0927. The van der Waals surface area contributed by atoms with Crippen LogP contribution in [-0.2, 0) is 0 Å². The van der Waals surface area contributed by atoms with Crippen molar-refractivity contribution < 1.29 is 9.90 Å². The molecule has 0 radical (unpaired) electrons. The van der Waals surface area contributed by atoms with Gasteiger partial charge in [0.05, 0.1) is 0 Å². The van der Waals surface area contributed by atoms with Crippen molar-refractivity contribution in [3.05, 3.63) is 29.8 Å². The van der Waals surface area contributed by atoms with Gasteiger partial charge in [0.15, 0.2) is 0 Å². The van der Waals surface area contributed by atoms with Crippen molar-refractivity contribution in [3.63, 3.8) is 0 Å². The molecule has 1 saturated carbocycles. The molecule has 1 aliphatic carbocycles. The number of piperidine rings is 1. The van der Waals surface area contributed by atoms with Gasteiger partial charge in [-0.1, -0.05) is 19.3 Å². The highest BCUT2D eigenvalue weighted by Crippen LogP contribution is 2.23. The summed E-state index contributed by atoms with van der Waals surface area (Å²) in [5.41, 5.74) is 1.93. The minimum atomic E-state index is 0.0578. The molecule has 1 amide bonds. The molecule has 1 aromatic carbocycles. The number of hydrogen-bond acceptors (Lipinski definition) is 3. The summed E-state index contributed by atoms with van der Waals surface area (Å²) in [6, 6.07) is 8.33. The number of hydrogen-bond donors (Lipinski definition) is 2. The van der Waals surface area contributed by atoms with E-state index >= 15 is 0 Å². The predicted octanol–water partition coefficient (Wildman–Crippen LogP) is 2.96. The maximum absolute atomic E-state index is 12.3. The third-order valence-electron chi connectivity index (χ3n) is 5.31. The zero-order chi connectivity index (χ0) is 16.1. The Hall–Kier alpha value is -1.55. The Bertz CT molecular complexity index is 501. The molecule has 0 unspecified atom stereocenters. The third-order valence-corrected chi connectivity index (χ3v) is 5.31. The summed E-state index contributed by atoms with van der Waals surface area (Å²) < 4.78 is 0. The van der Waals surface area contributed by atoms with E-state index in [1.165, 1.54) is 24.9 Å². The van der Waals surface area contributed by atoms with Crippen molar-refractivity contribution in [1.82, 2.24) is 5.32 Å². The molecule has 1 saturated heterocycles. The van der Waals surface area contributed by atoms with Gasteiger partial charge < -0.3 is 15.3 Å². The van der Waals surface area contributed by atoms with Crippen LogP contribution in [0.15, 0.2) is 24.3 Å².